The van der Waals surface area contributed by atoms with Crippen LogP contribution in [-0.2, 0) is 6.42 Å². The predicted molar refractivity (Wildman–Crippen MR) is 79.0 cm³/mol. The molecule has 0 aliphatic carbocycles. The fourth-order valence-electron chi connectivity index (χ4n) is 1.86. The van der Waals surface area contributed by atoms with E-state index in [2.05, 4.69) is 15.9 Å². The van der Waals surface area contributed by atoms with E-state index in [0.717, 1.165) is 15.6 Å². The molecule has 0 aromatic heterocycles. The molecule has 0 spiro atoms. The summed E-state index contributed by atoms with van der Waals surface area (Å²) in [7, 11) is 0. The molecule has 0 saturated carbocycles. The molecular weight excluding hydrogens is 312 g/mol. The largest absolute Gasteiger partial charge is 0.388 e. The zero-order chi connectivity index (χ0) is 13.1. The zero-order valence-corrected chi connectivity index (χ0v) is 12.4. The van der Waals surface area contributed by atoms with Crippen LogP contribution >= 0.6 is 27.5 Å². The van der Waals surface area contributed by atoms with Gasteiger partial charge in [0.15, 0.2) is 0 Å². The van der Waals surface area contributed by atoms with Crippen LogP contribution in [0.15, 0.2) is 46.9 Å². The van der Waals surface area contributed by atoms with E-state index >= 15 is 0 Å². The van der Waals surface area contributed by atoms with E-state index in [1.807, 2.05) is 49.4 Å². The summed E-state index contributed by atoms with van der Waals surface area (Å²) in [5, 5.41) is 11.0. The van der Waals surface area contributed by atoms with Crippen LogP contribution in [0.2, 0.25) is 5.02 Å². The number of hydrogen-bond donors (Lipinski definition) is 1. The lowest BCUT2D eigenvalue weighted by Gasteiger charge is -2.13. The maximum atomic E-state index is 10.3. The Bertz CT molecular complexity index is 537. The predicted octanol–water partition coefficient (Wildman–Crippen LogP) is 4.69. The first-order valence-electron chi connectivity index (χ1n) is 5.75. The maximum Gasteiger partial charge on any atom is 0.0841 e. The Hall–Kier alpha value is -0.830. The van der Waals surface area contributed by atoms with E-state index in [1.54, 1.807) is 0 Å². The van der Waals surface area contributed by atoms with Gasteiger partial charge in [0.2, 0.25) is 0 Å². The van der Waals surface area contributed by atoms with Gasteiger partial charge in [-0.3, -0.25) is 0 Å². The average molecular weight is 326 g/mol. The summed E-state index contributed by atoms with van der Waals surface area (Å²) < 4.78 is 0.948. The van der Waals surface area contributed by atoms with Gasteiger partial charge in [-0.25, -0.2) is 0 Å². The van der Waals surface area contributed by atoms with E-state index in [1.165, 1.54) is 5.56 Å². The van der Waals surface area contributed by atoms with Crippen LogP contribution in [0, 0.1) is 6.92 Å². The molecule has 1 unspecified atom stereocenters. The van der Waals surface area contributed by atoms with Crippen molar-refractivity contribution in [3.8, 4) is 0 Å². The third-order valence-electron chi connectivity index (χ3n) is 2.86. The topological polar surface area (TPSA) is 20.2 Å². The Morgan fingerprint density at radius 3 is 2.44 bits per heavy atom. The summed E-state index contributed by atoms with van der Waals surface area (Å²) in [5.74, 6) is 0. The Morgan fingerprint density at radius 1 is 1.17 bits per heavy atom. The molecule has 2 rings (SSSR count). The monoisotopic (exact) mass is 324 g/mol. The van der Waals surface area contributed by atoms with E-state index in [0.29, 0.717) is 11.4 Å². The highest BCUT2D eigenvalue weighted by Gasteiger charge is 2.12. The number of benzene rings is 2. The van der Waals surface area contributed by atoms with Crippen LogP contribution in [0.4, 0.5) is 0 Å². The van der Waals surface area contributed by atoms with Gasteiger partial charge in [0, 0.05) is 15.9 Å². The van der Waals surface area contributed by atoms with Crippen molar-refractivity contribution in [3.63, 3.8) is 0 Å². The summed E-state index contributed by atoms with van der Waals surface area (Å²) in [6.07, 6.45) is 0.0693. The summed E-state index contributed by atoms with van der Waals surface area (Å²) in [6.45, 7) is 2.03. The summed E-state index contributed by atoms with van der Waals surface area (Å²) in [6, 6.07) is 13.5. The van der Waals surface area contributed by atoms with Gasteiger partial charge < -0.3 is 5.11 Å². The lowest BCUT2D eigenvalue weighted by atomic mass is 10.0. The molecule has 0 fully saturated rings. The van der Waals surface area contributed by atoms with Gasteiger partial charge in [0.25, 0.3) is 0 Å². The van der Waals surface area contributed by atoms with Crippen molar-refractivity contribution in [2.75, 3.05) is 0 Å². The van der Waals surface area contributed by atoms with Gasteiger partial charge in [0.1, 0.15) is 0 Å². The molecular formula is C15H14BrClO. The SMILES string of the molecule is Cc1ccc(C(O)Cc2ccc(Cl)cc2)c(Br)c1. The van der Waals surface area contributed by atoms with Gasteiger partial charge >= 0.3 is 0 Å². The van der Waals surface area contributed by atoms with E-state index in [-0.39, 0.29) is 0 Å². The molecule has 1 nitrogen and oxygen atoms in total. The molecule has 0 bridgehead atoms. The molecule has 0 heterocycles. The molecule has 0 saturated heterocycles. The molecule has 94 valence electrons. The number of halogens is 2. The van der Waals surface area contributed by atoms with Gasteiger partial charge in [0.05, 0.1) is 6.10 Å². The van der Waals surface area contributed by atoms with Crippen molar-refractivity contribution in [2.45, 2.75) is 19.4 Å². The highest BCUT2D eigenvalue weighted by atomic mass is 79.9. The van der Waals surface area contributed by atoms with Crippen LogP contribution in [0.3, 0.4) is 0 Å². The summed E-state index contributed by atoms with van der Waals surface area (Å²) >= 11 is 9.33. The number of aliphatic hydroxyl groups excluding tert-OH is 1. The number of hydrogen-bond acceptors (Lipinski definition) is 1. The molecule has 2 aromatic carbocycles. The van der Waals surface area contributed by atoms with Crippen molar-refractivity contribution in [3.05, 3.63) is 68.7 Å². The second-order valence-electron chi connectivity index (χ2n) is 4.37. The maximum absolute atomic E-state index is 10.3. The van der Waals surface area contributed by atoms with E-state index in [9.17, 15) is 5.11 Å². The van der Waals surface area contributed by atoms with Crippen molar-refractivity contribution < 1.29 is 5.11 Å². The number of aryl methyl sites for hydroxylation is 1. The van der Waals surface area contributed by atoms with Crippen LogP contribution in [-0.4, -0.2) is 5.11 Å². The van der Waals surface area contributed by atoms with Gasteiger partial charge in [-0.2, -0.15) is 0 Å². The minimum Gasteiger partial charge on any atom is -0.388 e. The molecule has 0 aliphatic heterocycles. The standard InChI is InChI=1S/C15H14BrClO/c1-10-2-7-13(14(16)8-10)15(18)9-11-3-5-12(17)6-4-11/h2-8,15,18H,9H2,1H3. The van der Waals surface area contributed by atoms with Crippen LogP contribution in [0.1, 0.15) is 22.8 Å². The smallest absolute Gasteiger partial charge is 0.0841 e. The van der Waals surface area contributed by atoms with Crippen LogP contribution in [0.25, 0.3) is 0 Å². The first kappa shape index (κ1) is 13.6. The molecule has 0 radical (unpaired) electrons. The zero-order valence-electron chi connectivity index (χ0n) is 10.0. The van der Waals surface area contributed by atoms with Gasteiger partial charge in [-0.1, -0.05) is 51.8 Å². The summed E-state index contributed by atoms with van der Waals surface area (Å²) in [5.41, 5.74) is 3.15. The highest BCUT2D eigenvalue weighted by molar-refractivity contribution is 9.10. The Morgan fingerprint density at radius 2 is 1.83 bits per heavy atom. The molecule has 0 amide bonds. The third-order valence-corrected chi connectivity index (χ3v) is 3.80. The minimum atomic E-state index is -0.513. The van der Waals surface area contributed by atoms with Crippen molar-refractivity contribution >= 4 is 27.5 Å². The minimum absolute atomic E-state index is 0.513. The lowest BCUT2D eigenvalue weighted by Crippen LogP contribution is -2.02. The normalized spacial score (nSPS) is 12.4. The quantitative estimate of drug-likeness (QED) is 0.868. The Labute approximate surface area is 121 Å². The third kappa shape index (κ3) is 3.35. The molecule has 1 atom stereocenters. The molecule has 0 aliphatic rings. The van der Waals surface area contributed by atoms with Crippen molar-refractivity contribution in [2.24, 2.45) is 0 Å². The second kappa shape index (κ2) is 5.87. The second-order valence-corrected chi connectivity index (χ2v) is 5.66. The fraction of sp³-hybridized carbons (Fsp3) is 0.200. The fourth-order valence-corrected chi connectivity index (χ4v) is 2.74. The first-order chi connectivity index (χ1) is 8.56. The first-order valence-corrected chi connectivity index (χ1v) is 6.92. The van der Waals surface area contributed by atoms with Crippen molar-refractivity contribution in [1.29, 1.82) is 0 Å². The van der Waals surface area contributed by atoms with Gasteiger partial charge in [-0.05, 0) is 41.8 Å². The highest BCUT2D eigenvalue weighted by Crippen LogP contribution is 2.27. The number of aliphatic hydroxyl groups is 1. The Kier molecular flexibility index (Phi) is 4.44. The van der Waals surface area contributed by atoms with E-state index < -0.39 is 6.10 Å². The molecule has 2 aromatic rings. The molecule has 18 heavy (non-hydrogen) atoms. The van der Waals surface area contributed by atoms with Gasteiger partial charge in [-0.15, -0.1) is 0 Å². The lowest BCUT2D eigenvalue weighted by molar-refractivity contribution is 0.177. The van der Waals surface area contributed by atoms with E-state index in [4.69, 9.17) is 11.6 Å². The van der Waals surface area contributed by atoms with Crippen LogP contribution < -0.4 is 0 Å². The average Bonchev–Trinajstić information content (AvgIpc) is 2.32. The summed E-state index contributed by atoms with van der Waals surface area (Å²) in [4.78, 5) is 0. The molecule has 1 N–H and O–H groups in total. The number of rotatable bonds is 3. The molecule has 3 heteroatoms. The van der Waals surface area contributed by atoms with Crippen LogP contribution in [0.5, 0.6) is 0 Å². The Balaban J connectivity index is 2.16. The van der Waals surface area contributed by atoms with Crippen molar-refractivity contribution in [1.82, 2.24) is 0 Å².